The first-order valence-electron chi connectivity index (χ1n) is 8.90. The second-order valence-electron chi connectivity index (χ2n) is 6.05. The lowest BCUT2D eigenvalue weighted by atomic mass is 10.2. The van der Waals surface area contributed by atoms with Gasteiger partial charge in [-0.1, -0.05) is 36.4 Å². The van der Waals surface area contributed by atoms with Gasteiger partial charge >= 0.3 is 0 Å². The molecule has 6 nitrogen and oxygen atoms in total. The number of benzene rings is 2. The van der Waals surface area contributed by atoms with Crippen molar-refractivity contribution in [1.29, 1.82) is 0 Å². The lowest BCUT2D eigenvalue weighted by Gasteiger charge is -2.24. The van der Waals surface area contributed by atoms with Crippen molar-refractivity contribution < 1.29 is 9.59 Å². The number of anilines is 1. The van der Waals surface area contributed by atoms with Crippen LogP contribution in [0.1, 0.15) is 12.6 Å². The molecule has 0 atom stereocenters. The fraction of sp³-hybridized carbons (Fsp3) is 0.190. The van der Waals surface area contributed by atoms with Crippen molar-refractivity contribution >= 4 is 35.0 Å². The molecule has 0 aliphatic rings. The summed E-state index contributed by atoms with van der Waals surface area (Å²) < 4.78 is 0. The number of para-hydroxylation sites is 2. The minimum atomic E-state index is -0.157. The number of carbonyl (C=O) groups excluding carboxylic acids is 2. The molecule has 1 N–H and O–H groups in total. The molecule has 3 rings (SSSR count). The van der Waals surface area contributed by atoms with Crippen molar-refractivity contribution in [2.24, 2.45) is 0 Å². The summed E-state index contributed by atoms with van der Waals surface area (Å²) in [7, 11) is 0. The molecule has 1 heterocycles. The first kappa shape index (κ1) is 18.4. The molecule has 2 aromatic carbocycles. The Kier molecular flexibility index (Phi) is 5.99. The summed E-state index contributed by atoms with van der Waals surface area (Å²) in [6.07, 6.45) is 4.04. The smallest absolute Gasteiger partial charge is 0.251 e. The number of fused-ring (bicyclic) bond motifs is 1. The van der Waals surface area contributed by atoms with E-state index in [-0.39, 0.29) is 5.91 Å². The molecular formula is C21H22N4O2. The van der Waals surface area contributed by atoms with E-state index in [1.54, 1.807) is 15.9 Å². The summed E-state index contributed by atoms with van der Waals surface area (Å²) in [6, 6.07) is 17.2. The molecule has 3 aromatic rings. The van der Waals surface area contributed by atoms with E-state index in [1.807, 2.05) is 61.5 Å². The largest absolute Gasteiger partial charge is 0.344 e. The van der Waals surface area contributed by atoms with Crippen molar-refractivity contribution in [2.45, 2.75) is 6.92 Å². The molecule has 0 saturated heterocycles. The Balaban J connectivity index is 1.80. The Morgan fingerprint density at radius 1 is 1.07 bits per heavy atom. The Morgan fingerprint density at radius 3 is 2.56 bits per heavy atom. The standard InChI is InChI=1S/C21H22N4O2/c1-2-24(16-26)14-15-25(17-8-4-3-5-9-17)21(27)13-12-20-18-10-6-7-11-19(18)22-23-20/h3-13,16H,2,14-15H2,1H3,(H,22,23)/b13-12+. The van der Waals surface area contributed by atoms with Crippen LogP contribution in [0.25, 0.3) is 17.0 Å². The van der Waals surface area contributed by atoms with Crippen LogP contribution in [0.15, 0.2) is 60.7 Å². The minimum Gasteiger partial charge on any atom is -0.344 e. The monoisotopic (exact) mass is 362 g/mol. The lowest BCUT2D eigenvalue weighted by Crippen LogP contribution is -2.37. The normalized spacial score (nSPS) is 11.0. The van der Waals surface area contributed by atoms with Crippen LogP contribution in [0.4, 0.5) is 5.69 Å². The number of aromatic nitrogens is 2. The summed E-state index contributed by atoms with van der Waals surface area (Å²) in [5.41, 5.74) is 2.44. The number of likely N-dealkylation sites (N-methyl/N-ethyl adjacent to an activating group) is 1. The maximum Gasteiger partial charge on any atom is 0.251 e. The van der Waals surface area contributed by atoms with Gasteiger partial charge in [-0.05, 0) is 31.2 Å². The maximum atomic E-state index is 12.9. The Labute approximate surface area is 158 Å². The number of aromatic amines is 1. The lowest BCUT2D eigenvalue weighted by molar-refractivity contribution is -0.118. The fourth-order valence-corrected chi connectivity index (χ4v) is 2.84. The van der Waals surface area contributed by atoms with Gasteiger partial charge < -0.3 is 9.80 Å². The molecule has 6 heteroatoms. The zero-order valence-electron chi connectivity index (χ0n) is 15.2. The molecule has 138 valence electrons. The predicted octanol–water partition coefficient (Wildman–Crippen LogP) is 3.09. The van der Waals surface area contributed by atoms with E-state index in [4.69, 9.17) is 0 Å². The van der Waals surface area contributed by atoms with Crippen molar-refractivity contribution in [2.75, 3.05) is 24.5 Å². The fourth-order valence-electron chi connectivity index (χ4n) is 2.84. The number of H-pyrrole nitrogens is 1. The molecule has 0 unspecified atom stereocenters. The van der Waals surface area contributed by atoms with E-state index in [1.165, 1.54) is 6.08 Å². The number of nitrogens with one attached hydrogen (secondary N) is 1. The van der Waals surface area contributed by atoms with Crippen LogP contribution in [-0.4, -0.2) is 47.0 Å². The van der Waals surface area contributed by atoms with Crippen molar-refractivity contribution in [3.63, 3.8) is 0 Å². The van der Waals surface area contributed by atoms with E-state index >= 15 is 0 Å². The average molecular weight is 362 g/mol. The molecule has 27 heavy (non-hydrogen) atoms. The summed E-state index contributed by atoms with van der Waals surface area (Å²) in [6.45, 7) is 3.40. The topological polar surface area (TPSA) is 69.3 Å². The average Bonchev–Trinajstić information content (AvgIpc) is 3.13. The van der Waals surface area contributed by atoms with E-state index in [0.717, 1.165) is 28.7 Å². The SMILES string of the molecule is CCN(C=O)CCN(C(=O)/C=C/c1n[nH]c2ccccc12)c1ccccc1. The highest BCUT2D eigenvalue weighted by Crippen LogP contribution is 2.18. The van der Waals surface area contributed by atoms with Gasteiger partial charge in [0.2, 0.25) is 6.41 Å². The highest BCUT2D eigenvalue weighted by molar-refractivity contribution is 6.04. The van der Waals surface area contributed by atoms with Crippen LogP contribution in [-0.2, 0) is 9.59 Å². The molecule has 0 aliphatic heterocycles. The molecule has 0 fully saturated rings. The summed E-state index contributed by atoms with van der Waals surface area (Å²) in [4.78, 5) is 27.2. The van der Waals surface area contributed by atoms with Gasteiger partial charge in [-0.3, -0.25) is 14.7 Å². The predicted molar refractivity (Wildman–Crippen MR) is 107 cm³/mol. The van der Waals surface area contributed by atoms with Crippen LogP contribution in [0.5, 0.6) is 0 Å². The number of nitrogens with zero attached hydrogens (tertiary/aromatic N) is 3. The summed E-state index contributed by atoms with van der Waals surface area (Å²) >= 11 is 0. The first-order chi connectivity index (χ1) is 13.2. The van der Waals surface area contributed by atoms with Gasteiger partial charge in [-0.15, -0.1) is 0 Å². The third-order valence-electron chi connectivity index (χ3n) is 4.38. The quantitative estimate of drug-likeness (QED) is 0.494. The van der Waals surface area contributed by atoms with Gasteiger partial charge in [0, 0.05) is 36.8 Å². The number of hydrogen-bond donors (Lipinski definition) is 1. The number of rotatable bonds is 8. The van der Waals surface area contributed by atoms with Crippen molar-refractivity contribution in [3.8, 4) is 0 Å². The van der Waals surface area contributed by atoms with Gasteiger partial charge in [0.25, 0.3) is 5.91 Å². The zero-order chi connectivity index (χ0) is 19.1. The number of amides is 2. The van der Waals surface area contributed by atoms with Gasteiger partial charge in [0.1, 0.15) is 0 Å². The summed E-state index contributed by atoms with van der Waals surface area (Å²) in [5, 5.41) is 8.18. The van der Waals surface area contributed by atoms with Crippen LogP contribution < -0.4 is 4.90 Å². The van der Waals surface area contributed by atoms with Gasteiger partial charge in [-0.25, -0.2) is 0 Å². The number of carbonyl (C=O) groups is 2. The van der Waals surface area contributed by atoms with Crippen molar-refractivity contribution in [1.82, 2.24) is 15.1 Å². The molecular weight excluding hydrogens is 340 g/mol. The second-order valence-corrected chi connectivity index (χ2v) is 6.05. The van der Waals surface area contributed by atoms with E-state index < -0.39 is 0 Å². The van der Waals surface area contributed by atoms with E-state index in [2.05, 4.69) is 10.2 Å². The molecule has 0 bridgehead atoms. The van der Waals surface area contributed by atoms with Crippen LogP contribution in [0.2, 0.25) is 0 Å². The van der Waals surface area contributed by atoms with Crippen LogP contribution >= 0.6 is 0 Å². The third-order valence-corrected chi connectivity index (χ3v) is 4.38. The summed E-state index contributed by atoms with van der Waals surface area (Å²) in [5.74, 6) is -0.157. The second kappa shape index (κ2) is 8.80. The zero-order valence-corrected chi connectivity index (χ0v) is 15.2. The Bertz CT molecular complexity index is 934. The molecule has 1 aromatic heterocycles. The van der Waals surface area contributed by atoms with Gasteiger partial charge in [0.05, 0.1) is 11.2 Å². The highest BCUT2D eigenvalue weighted by atomic mass is 16.2. The molecule has 0 spiro atoms. The Morgan fingerprint density at radius 2 is 1.81 bits per heavy atom. The molecule has 0 aliphatic carbocycles. The Hall–Kier alpha value is -3.41. The van der Waals surface area contributed by atoms with Crippen LogP contribution in [0.3, 0.4) is 0 Å². The maximum absolute atomic E-state index is 12.9. The van der Waals surface area contributed by atoms with E-state index in [9.17, 15) is 9.59 Å². The third kappa shape index (κ3) is 4.41. The van der Waals surface area contributed by atoms with Gasteiger partial charge in [0.15, 0.2) is 0 Å². The van der Waals surface area contributed by atoms with Gasteiger partial charge in [-0.2, -0.15) is 5.10 Å². The molecule has 0 saturated carbocycles. The molecule has 0 radical (unpaired) electrons. The first-order valence-corrected chi connectivity index (χ1v) is 8.90. The minimum absolute atomic E-state index is 0.157. The molecule has 2 amide bonds. The van der Waals surface area contributed by atoms with Crippen LogP contribution in [0, 0.1) is 0 Å². The highest BCUT2D eigenvalue weighted by Gasteiger charge is 2.14. The van der Waals surface area contributed by atoms with Crippen molar-refractivity contribution in [3.05, 3.63) is 66.4 Å². The number of hydrogen-bond acceptors (Lipinski definition) is 3. The van der Waals surface area contributed by atoms with E-state index in [0.29, 0.717) is 19.6 Å².